The van der Waals surface area contributed by atoms with E-state index in [-0.39, 0.29) is 30.6 Å². The number of rotatable bonds is 6. The molecule has 5 nitrogen and oxygen atoms in total. The lowest BCUT2D eigenvalue weighted by molar-refractivity contribution is -0.121. The van der Waals surface area contributed by atoms with Gasteiger partial charge in [0.25, 0.3) is 0 Å². The second kappa shape index (κ2) is 6.75. The Morgan fingerprint density at radius 3 is 2.78 bits per heavy atom. The number of benzene rings is 1. The number of amides is 1. The van der Waals surface area contributed by atoms with Gasteiger partial charge in [0, 0.05) is 12.8 Å². The van der Waals surface area contributed by atoms with E-state index in [0.29, 0.717) is 10.7 Å². The van der Waals surface area contributed by atoms with E-state index in [9.17, 15) is 9.59 Å². The van der Waals surface area contributed by atoms with Gasteiger partial charge in [-0.1, -0.05) is 18.2 Å². The van der Waals surface area contributed by atoms with Crippen LogP contribution in [0.3, 0.4) is 0 Å². The molecule has 1 amide bonds. The number of aromatic nitrogens is 2. The van der Waals surface area contributed by atoms with Crippen LogP contribution in [0, 0.1) is 0 Å². The minimum Gasteiger partial charge on any atom is -0.346 e. The summed E-state index contributed by atoms with van der Waals surface area (Å²) in [5.74, 6) is 0.568. The van der Waals surface area contributed by atoms with Crippen LogP contribution >= 0.6 is 11.3 Å². The van der Waals surface area contributed by atoms with E-state index in [2.05, 4.69) is 15.3 Å². The van der Waals surface area contributed by atoms with Gasteiger partial charge in [-0.2, -0.15) is 0 Å². The van der Waals surface area contributed by atoms with Gasteiger partial charge in [0.2, 0.25) is 5.91 Å². The summed E-state index contributed by atoms with van der Waals surface area (Å²) in [4.78, 5) is 32.3. The molecule has 2 aromatic heterocycles. The molecule has 6 heteroatoms. The Morgan fingerprint density at radius 2 is 2.04 bits per heavy atom. The number of nitrogens with one attached hydrogen (secondary N) is 2. The van der Waals surface area contributed by atoms with Crippen molar-refractivity contribution < 1.29 is 9.59 Å². The third kappa shape index (κ3) is 3.65. The third-order valence-corrected chi connectivity index (χ3v) is 4.48. The van der Waals surface area contributed by atoms with Gasteiger partial charge in [0.15, 0.2) is 5.78 Å². The lowest BCUT2D eigenvalue weighted by Crippen LogP contribution is -2.27. The number of hydrogen-bond acceptors (Lipinski definition) is 4. The molecule has 0 fully saturated rings. The summed E-state index contributed by atoms with van der Waals surface area (Å²) in [6.45, 7) is 1.87. The Labute approximate surface area is 137 Å². The number of H-pyrrole nitrogens is 1. The SMILES string of the molecule is C[C@H](NC(=O)CCC(=O)c1cccs1)c1nc2ccccc2[nH]1. The second-order valence-electron chi connectivity index (χ2n) is 5.33. The molecule has 0 bridgehead atoms. The number of nitrogens with zero attached hydrogens (tertiary/aromatic N) is 1. The molecule has 0 unspecified atom stereocenters. The number of carbonyl (C=O) groups excluding carboxylic acids is 2. The highest BCUT2D eigenvalue weighted by Crippen LogP contribution is 2.16. The number of Topliss-reactive ketones (excluding diaryl/α,β-unsaturated/α-hetero) is 1. The van der Waals surface area contributed by atoms with Gasteiger partial charge in [0.05, 0.1) is 22.0 Å². The van der Waals surface area contributed by atoms with E-state index < -0.39 is 0 Å². The zero-order valence-corrected chi connectivity index (χ0v) is 13.5. The molecule has 3 aromatic rings. The van der Waals surface area contributed by atoms with Crippen LogP contribution in [0.15, 0.2) is 41.8 Å². The Bertz CT molecular complexity index is 790. The Morgan fingerprint density at radius 1 is 1.22 bits per heavy atom. The maximum absolute atomic E-state index is 12.0. The van der Waals surface area contributed by atoms with Gasteiger partial charge in [-0.15, -0.1) is 11.3 Å². The van der Waals surface area contributed by atoms with Crippen LogP contribution in [0.5, 0.6) is 0 Å². The van der Waals surface area contributed by atoms with Crippen molar-refractivity contribution in [3.8, 4) is 0 Å². The van der Waals surface area contributed by atoms with Gasteiger partial charge in [-0.05, 0) is 30.5 Å². The van der Waals surface area contributed by atoms with E-state index >= 15 is 0 Å². The van der Waals surface area contributed by atoms with Gasteiger partial charge >= 0.3 is 0 Å². The highest BCUT2D eigenvalue weighted by atomic mass is 32.1. The zero-order valence-electron chi connectivity index (χ0n) is 12.7. The van der Waals surface area contributed by atoms with E-state index in [4.69, 9.17) is 0 Å². The van der Waals surface area contributed by atoms with Gasteiger partial charge in [-0.25, -0.2) is 4.98 Å². The third-order valence-electron chi connectivity index (χ3n) is 3.57. The molecule has 2 N–H and O–H groups in total. The van der Waals surface area contributed by atoms with Crippen molar-refractivity contribution in [1.82, 2.24) is 15.3 Å². The van der Waals surface area contributed by atoms with Gasteiger partial charge in [-0.3, -0.25) is 9.59 Å². The molecule has 0 saturated heterocycles. The molecule has 1 atom stereocenters. The van der Waals surface area contributed by atoms with Crippen LogP contribution in [0.2, 0.25) is 0 Å². The molecular formula is C17H17N3O2S. The minimum atomic E-state index is -0.230. The predicted octanol–water partition coefficient (Wildman–Crippen LogP) is 3.46. The number of hydrogen-bond donors (Lipinski definition) is 2. The minimum absolute atomic E-state index is 0.00606. The quantitative estimate of drug-likeness (QED) is 0.681. The van der Waals surface area contributed by atoms with Crippen molar-refractivity contribution in [3.05, 3.63) is 52.5 Å². The monoisotopic (exact) mass is 327 g/mol. The fraction of sp³-hybridized carbons (Fsp3) is 0.235. The summed E-state index contributed by atoms with van der Waals surface area (Å²) in [7, 11) is 0. The topological polar surface area (TPSA) is 74.8 Å². The van der Waals surface area contributed by atoms with Crippen molar-refractivity contribution >= 4 is 34.1 Å². The number of ketones is 1. The molecule has 0 aliphatic rings. The number of thiophene rings is 1. The average Bonchev–Trinajstić information content (AvgIpc) is 3.21. The smallest absolute Gasteiger partial charge is 0.221 e. The summed E-state index contributed by atoms with van der Waals surface area (Å²) < 4.78 is 0. The van der Waals surface area contributed by atoms with Crippen molar-refractivity contribution in [3.63, 3.8) is 0 Å². The zero-order chi connectivity index (χ0) is 16.2. The van der Waals surface area contributed by atoms with E-state index in [1.807, 2.05) is 42.6 Å². The van der Waals surface area contributed by atoms with Crippen LogP contribution in [-0.2, 0) is 4.79 Å². The number of imidazole rings is 1. The van der Waals surface area contributed by atoms with E-state index in [1.165, 1.54) is 11.3 Å². The molecule has 1 aromatic carbocycles. The molecule has 3 rings (SSSR count). The molecule has 0 radical (unpaired) electrons. The average molecular weight is 327 g/mol. The van der Waals surface area contributed by atoms with Crippen molar-refractivity contribution in [2.24, 2.45) is 0 Å². The molecule has 0 saturated carbocycles. The van der Waals surface area contributed by atoms with E-state index in [1.54, 1.807) is 6.07 Å². The Kier molecular flexibility index (Phi) is 4.52. The first-order valence-corrected chi connectivity index (χ1v) is 8.32. The van der Waals surface area contributed by atoms with Crippen LogP contribution in [0.1, 0.15) is 41.3 Å². The van der Waals surface area contributed by atoms with Gasteiger partial charge in [0.1, 0.15) is 5.82 Å². The fourth-order valence-corrected chi connectivity index (χ4v) is 3.04. The van der Waals surface area contributed by atoms with Crippen LogP contribution in [0.4, 0.5) is 0 Å². The number of aromatic amines is 1. The maximum Gasteiger partial charge on any atom is 0.221 e. The van der Waals surface area contributed by atoms with Crippen LogP contribution in [0.25, 0.3) is 11.0 Å². The lowest BCUT2D eigenvalue weighted by atomic mass is 10.2. The summed E-state index contributed by atoms with van der Waals surface area (Å²) in [5, 5.41) is 4.73. The van der Waals surface area contributed by atoms with Crippen LogP contribution in [-0.4, -0.2) is 21.7 Å². The van der Waals surface area contributed by atoms with Crippen LogP contribution < -0.4 is 5.32 Å². The first-order chi connectivity index (χ1) is 11.1. The highest BCUT2D eigenvalue weighted by molar-refractivity contribution is 7.12. The first-order valence-electron chi connectivity index (χ1n) is 7.44. The Hall–Kier alpha value is -2.47. The molecular weight excluding hydrogens is 310 g/mol. The van der Waals surface area contributed by atoms with Gasteiger partial charge < -0.3 is 10.3 Å². The first kappa shape index (κ1) is 15.4. The number of para-hydroxylation sites is 2. The fourth-order valence-electron chi connectivity index (χ4n) is 2.35. The standard InChI is InChI=1S/C17H17N3O2S/c1-11(17-19-12-5-2-3-6-13(12)20-17)18-16(22)9-8-14(21)15-7-4-10-23-15/h2-7,10-11H,8-9H2,1H3,(H,18,22)(H,19,20)/t11-/m0/s1. The normalized spacial score (nSPS) is 12.2. The number of fused-ring (bicyclic) bond motifs is 1. The molecule has 118 valence electrons. The second-order valence-corrected chi connectivity index (χ2v) is 6.28. The lowest BCUT2D eigenvalue weighted by Gasteiger charge is -2.11. The predicted molar refractivity (Wildman–Crippen MR) is 90.5 cm³/mol. The number of carbonyl (C=O) groups is 2. The molecule has 0 aliphatic heterocycles. The summed E-state index contributed by atoms with van der Waals surface area (Å²) in [6.07, 6.45) is 0.403. The molecule has 0 aliphatic carbocycles. The largest absolute Gasteiger partial charge is 0.346 e. The molecule has 0 spiro atoms. The Balaban J connectivity index is 1.55. The summed E-state index contributed by atoms with van der Waals surface area (Å²) >= 11 is 1.40. The van der Waals surface area contributed by atoms with E-state index in [0.717, 1.165) is 11.0 Å². The molecule has 2 heterocycles. The van der Waals surface area contributed by atoms with Crippen molar-refractivity contribution in [1.29, 1.82) is 0 Å². The van der Waals surface area contributed by atoms with Crippen molar-refractivity contribution in [2.75, 3.05) is 0 Å². The van der Waals surface area contributed by atoms with Crippen molar-refractivity contribution in [2.45, 2.75) is 25.8 Å². The highest BCUT2D eigenvalue weighted by Gasteiger charge is 2.15. The molecule has 23 heavy (non-hydrogen) atoms. The summed E-state index contributed by atoms with van der Waals surface area (Å²) in [5.41, 5.74) is 1.81. The summed E-state index contributed by atoms with van der Waals surface area (Å²) in [6, 6.07) is 11.1. The maximum atomic E-state index is 12.0.